The zero-order valence-electron chi connectivity index (χ0n) is 16.6. The van der Waals surface area contributed by atoms with Crippen LogP contribution in [0, 0.1) is 6.92 Å². The van der Waals surface area contributed by atoms with E-state index in [9.17, 15) is 4.79 Å². The lowest BCUT2D eigenvalue weighted by atomic mass is 10.0. The molecule has 0 radical (unpaired) electrons. The minimum atomic E-state index is -0.241. The normalized spacial score (nSPS) is 11.0. The third kappa shape index (κ3) is 3.43. The lowest BCUT2D eigenvalue weighted by Crippen LogP contribution is -2.13. The maximum absolute atomic E-state index is 13.1. The number of hydrogen-bond donors (Lipinski definition) is 3. The number of aromatic nitrogens is 3. The van der Waals surface area contributed by atoms with Gasteiger partial charge in [-0.15, -0.1) is 11.3 Å². The number of pyridine rings is 1. The molecule has 0 saturated carbocycles. The van der Waals surface area contributed by atoms with E-state index in [1.165, 1.54) is 17.7 Å². The number of carbonyl (C=O) groups excluding carboxylic acids is 1. The molecule has 0 aliphatic heterocycles. The van der Waals surface area contributed by atoms with Crippen molar-refractivity contribution in [2.45, 2.75) is 6.92 Å². The van der Waals surface area contributed by atoms with E-state index in [0.717, 1.165) is 33.5 Å². The van der Waals surface area contributed by atoms with E-state index in [1.807, 2.05) is 55.5 Å². The Morgan fingerprint density at radius 3 is 2.68 bits per heavy atom. The number of nitrogen functional groups attached to an aromatic ring is 1. The molecule has 1 amide bonds. The molecule has 0 saturated heterocycles. The highest BCUT2D eigenvalue weighted by atomic mass is 32.1. The number of aryl methyl sites for hydroxylation is 1. The van der Waals surface area contributed by atoms with Gasteiger partial charge in [0.05, 0.1) is 21.5 Å². The first-order valence-electron chi connectivity index (χ1n) is 9.61. The van der Waals surface area contributed by atoms with Crippen molar-refractivity contribution in [2.75, 3.05) is 16.4 Å². The van der Waals surface area contributed by atoms with Gasteiger partial charge in [-0.25, -0.2) is 15.0 Å². The summed E-state index contributed by atoms with van der Waals surface area (Å²) in [5, 5.41) is 9.99. The van der Waals surface area contributed by atoms with E-state index >= 15 is 0 Å². The number of nitrogens with two attached hydrogens (primary N) is 1. The number of rotatable bonds is 4. The fourth-order valence-electron chi connectivity index (χ4n) is 3.50. The number of hydrogen-bond acceptors (Lipinski definition) is 7. The molecule has 0 spiro atoms. The van der Waals surface area contributed by atoms with Crippen molar-refractivity contribution in [1.82, 2.24) is 15.0 Å². The molecule has 5 rings (SSSR count). The van der Waals surface area contributed by atoms with E-state index in [1.54, 1.807) is 11.6 Å². The van der Waals surface area contributed by atoms with E-state index in [4.69, 9.17) is 5.73 Å². The van der Waals surface area contributed by atoms with Crippen LogP contribution in [0.25, 0.3) is 21.0 Å². The summed E-state index contributed by atoms with van der Waals surface area (Å²) in [6, 6.07) is 15.7. The van der Waals surface area contributed by atoms with Crippen LogP contribution in [0.15, 0.2) is 66.4 Å². The van der Waals surface area contributed by atoms with Gasteiger partial charge >= 0.3 is 0 Å². The molecule has 7 nitrogen and oxygen atoms in total. The largest absolute Gasteiger partial charge is 0.382 e. The summed E-state index contributed by atoms with van der Waals surface area (Å²) in [4.78, 5) is 25.9. The lowest BCUT2D eigenvalue weighted by molar-refractivity contribution is 0.102. The van der Waals surface area contributed by atoms with Gasteiger partial charge in [-0.05, 0) is 30.7 Å². The number of amides is 1. The number of nitrogens with zero attached hydrogens (tertiary/aromatic N) is 3. The Labute approximate surface area is 182 Å². The molecule has 31 heavy (non-hydrogen) atoms. The minimum absolute atomic E-state index is 0.241. The van der Waals surface area contributed by atoms with E-state index in [2.05, 4.69) is 25.6 Å². The van der Waals surface area contributed by atoms with Crippen molar-refractivity contribution < 1.29 is 4.79 Å². The molecule has 5 aromatic rings. The molecular formula is C23H18N6OS. The Morgan fingerprint density at radius 1 is 1.00 bits per heavy atom. The zero-order chi connectivity index (χ0) is 21.4. The van der Waals surface area contributed by atoms with Crippen LogP contribution in [-0.2, 0) is 0 Å². The van der Waals surface area contributed by atoms with Gasteiger partial charge < -0.3 is 16.4 Å². The Bertz CT molecular complexity index is 1430. The van der Waals surface area contributed by atoms with Gasteiger partial charge in [-0.2, -0.15) is 0 Å². The zero-order valence-corrected chi connectivity index (χ0v) is 17.4. The maximum Gasteiger partial charge on any atom is 0.258 e. The van der Waals surface area contributed by atoms with Crippen LogP contribution in [0.3, 0.4) is 0 Å². The highest BCUT2D eigenvalue weighted by Gasteiger charge is 2.18. The molecule has 0 atom stereocenters. The van der Waals surface area contributed by atoms with Gasteiger partial charge in [0.1, 0.15) is 18.0 Å². The summed E-state index contributed by atoms with van der Waals surface area (Å²) in [5.74, 6) is 0.855. The Morgan fingerprint density at radius 2 is 1.84 bits per heavy atom. The lowest BCUT2D eigenvalue weighted by Gasteiger charge is -2.14. The molecule has 0 fully saturated rings. The van der Waals surface area contributed by atoms with Crippen molar-refractivity contribution in [3.8, 4) is 0 Å². The van der Waals surface area contributed by atoms with Gasteiger partial charge in [0.15, 0.2) is 0 Å². The number of nitrogens with one attached hydrogen (secondary N) is 2. The van der Waals surface area contributed by atoms with Crippen molar-refractivity contribution in [3.05, 3.63) is 77.6 Å². The fourth-order valence-corrected chi connectivity index (χ4v) is 4.40. The summed E-state index contributed by atoms with van der Waals surface area (Å²) in [6.45, 7) is 1.96. The van der Waals surface area contributed by atoms with Crippen molar-refractivity contribution in [2.24, 2.45) is 0 Å². The second-order valence-electron chi connectivity index (χ2n) is 7.04. The van der Waals surface area contributed by atoms with Crippen LogP contribution in [0.4, 0.5) is 23.0 Å². The maximum atomic E-state index is 13.1. The van der Waals surface area contributed by atoms with Gasteiger partial charge in [-0.1, -0.05) is 30.3 Å². The van der Waals surface area contributed by atoms with Gasteiger partial charge in [0, 0.05) is 28.0 Å². The standard InChI is InChI=1S/C23H18N6OS/c1-13-7-8-16-15(9-10-25-22(16)28-14-5-3-2-4-6-14)18(13)29-23(30)17-11-31-20-19(17)26-12-27-21(20)24/h2-12H,1H3,(H,25,28)(H,29,30)(H2,24,26,27). The summed E-state index contributed by atoms with van der Waals surface area (Å²) in [6.07, 6.45) is 3.11. The van der Waals surface area contributed by atoms with Crippen LogP contribution < -0.4 is 16.4 Å². The third-order valence-electron chi connectivity index (χ3n) is 5.05. The second-order valence-corrected chi connectivity index (χ2v) is 7.92. The predicted molar refractivity (Wildman–Crippen MR) is 126 cm³/mol. The molecule has 152 valence electrons. The molecule has 3 aromatic heterocycles. The van der Waals surface area contributed by atoms with Crippen molar-refractivity contribution >= 4 is 61.2 Å². The third-order valence-corrected chi connectivity index (χ3v) is 6.05. The van der Waals surface area contributed by atoms with Crippen molar-refractivity contribution in [3.63, 3.8) is 0 Å². The van der Waals surface area contributed by atoms with Gasteiger partial charge in [0.2, 0.25) is 0 Å². The van der Waals surface area contributed by atoms with Crippen LogP contribution in [0.2, 0.25) is 0 Å². The minimum Gasteiger partial charge on any atom is -0.382 e. The molecule has 2 aromatic carbocycles. The first-order valence-corrected chi connectivity index (χ1v) is 10.5. The van der Waals surface area contributed by atoms with E-state index in [0.29, 0.717) is 21.6 Å². The SMILES string of the molecule is Cc1ccc2c(Nc3ccccc3)nccc2c1NC(=O)c1csc2c(N)ncnc12. The smallest absolute Gasteiger partial charge is 0.258 e. The number of carbonyl (C=O) groups is 1. The second kappa shape index (κ2) is 7.66. The molecular weight excluding hydrogens is 408 g/mol. The van der Waals surface area contributed by atoms with Gasteiger partial charge in [0.25, 0.3) is 5.91 Å². The quantitative estimate of drug-likeness (QED) is 0.368. The van der Waals surface area contributed by atoms with Crippen LogP contribution in [0.5, 0.6) is 0 Å². The van der Waals surface area contributed by atoms with Gasteiger partial charge in [-0.3, -0.25) is 4.79 Å². The van der Waals surface area contributed by atoms with E-state index in [-0.39, 0.29) is 5.91 Å². The number of para-hydroxylation sites is 1. The molecule has 0 aliphatic rings. The fraction of sp³-hybridized carbons (Fsp3) is 0.0435. The Kier molecular flexibility index (Phi) is 4.68. The molecule has 8 heteroatoms. The highest BCUT2D eigenvalue weighted by molar-refractivity contribution is 7.18. The first kappa shape index (κ1) is 19.0. The Hall–Kier alpha value is -4.04. The first-order chi connectivity index (χ1) is 15.1. The number of anilines is 4. The van der Waals surface area contributed by atoms with Crippen molar-refractivity contribution in [1.29, 1.82) is 0 Å². The average Bonchev–Trinajstić information content (AvgIpc) is 3.22. The number of fused-ring (bicyclic) bond motifs is 2. The highest BCUT2D eigenvalue weighted by Crippen LogP contribution is 2.33. The summed E-state index contributed by atoms with van der Waals surface area (Å²) in [7, 11) is 0. The molecule has 4 N–H and O–H groups in total. The molecule has 0 bridgehead atoms. The molecule has 0 unspecified atom stereocenters. The Balaban J connectivity index is 1.55. The number of thiophene rings is 1. The van der Waals surface area contributed by atoms with Crippen LogP contribution in [-0.4, -0.2) is 20.9 Å². The summed E-state index contributed by atoms with van der Waals surface area (Å²) >= 11 is 1.36. The monoisotopic (exact) mass is 426 g/mol. The summed E-state index contributed by atoms with van der Waals surface area (Å²) < 4.78 is 0.709. The topological polar surface area (TPSA) is 106 Å². The number of benzene rings is 2. The average molecular weight is 427 g/mol. The van der Waals surface area contributed by atoms with Crippen LogP contribution in [0.1, 0.15) is 15.9 Å². The van der Waals surface area contributed by atoms with Crippen LogP contribution >= 0.6 is 11.3 Å². The predicted octanol–water partition coefficient (Wildman–Crippen LogP) is 5.13. The van der Waals surface area contributed by atoms with E-state index < -0.39 is 0 Å². The molecule has 0 aliphatic carbocycles. The molecule has 3 heterocycles. The summed E-state index contributed by atoms with van der Waals surface area (Å²) in [5.41, 5.74) is 9.57.